The number of hydrazone groups is 1. The largest absolute Gasteiger partial charge is 0.497 e. The highest BCUT2D eigenvalue weighted by atomic mass is 16.6. The first-order chi connectivity index (χ1) is 12.9. The van der Waals surface area contributed by atoms with Crippen molar-refractivity contribution >= 4 is 29.1 Å². The van der Waals surface area contributed by atoms with E-state index in [1.165, 1.54) is 36.4 Å². The minimum absolute atomic E-state index is 0.0511. The van der Waals surface area contributed by atoms with Crippen molar-refractivity contribution in [1.29, 1.82) is 0 Å². The molecule has 0 aliphatic carbocycles. The molecule has 138 valence electrons. The first-order valence-electron chi connectivity index (χ1n) is 8.03. The SMILES string of the molecule is COc1ccc(C=C2C(=O)N(c3ccc([N+](=O)[O-])cc3)N=C2C)c(OC)c1. The summed E-state index contributed by atoms with van der Waals surface area (Å²) in [7, 11) is 3.10. The zero-order valence-corrected chi connectivity index (χ0v) is 15.0. The van der Waals surface area contributed by atoms with Crippen LogP contribution in [0.3, 0.4) is 0 Å². The van der Waals surface area contributed by atoms with Crippen LogP contribution in [0.25, 0.3) is 6.08 Å². The second-order valence-corrected chi connectivity index (χ2v) is 5.74. The smallest absolute Gasteiger partial charge is 0.280 e. The van der Waals surface area contributed by atoms with Crippen molar-refractivity contribution in [3.63, 3.8) is 0 Å². The van der Waals surface area contributed by atoms with Gasteiger partial charge in [-0.25, -0.2) is 0 Å². The molecule has 1 aliphatic rings. The van der Waals surface area contributed by atoms with Crippen LogP contribution in [0.5, 0.6) is 11.5 Å². The fraction of sp³-hybridized carbons (Fsp3) is 0.158. The van der Waals surface area contributed by atoms with Gasteiger partial charge in [0.1, 0.15) is 11.5 Å². The lowest BCUT2D eigenvalue weighted by molar-refractivity contribution is -0.384. The molecular weight excluding hydrogens is 350 g/mol. The third-order valence-corrected chi connectivity index (χ3v) is 4.11. The molecule has 0 radical (unpaired) electrons. The number of methoxy groups -OCH3 is 2. The molecule has 0 atom stereocenters. The Labute approximate surface area is 155 Å². The van der Waals surface area contributed by atoms with Gasteiger partial charge in [-0.2, -0.15) is 10.1 Å². The Morgan fingerprint density at radius 1 is 1.11 bits per heavy atom. The molecule has 0 aromatic heterocycles. The third kappa shape index (κ3) is 3.50. The minimum Gasteiger partial charge on any atom is -0.497 e. The number of carbonyl (C=O) groups is 1. The highest BCUT2D eigenvalue weighted by Gasteiger charge is 2.29. The minimum atomic E-state index is -0.495. The van der Waals surface area contributed by atoms with Crippen LogP contribution in [0.4, 0.5) is 11.4 Å². The molecule has 3 rings (SSSR count). The Morgan fingerprint density at radius 2 is 1.81 bits per heavy atom. The first-order valence-corrected chi connectivity index (χ1v) is 8.03. The lowest BCUT2D eigenvalue weighted by atomic mass is 10.1. The number of carbonyl (C=O) groups excluding carboxylic acids is 1. The summed E-state index contributed by atoms with van der Waals surface area (Å²) in [6.45, 7) is 1.73. The number of ether oxygens (including phenoxy) is 2. The van der Waals surface area contributed by atoms with E-state index in [9.17, 15) is 14.9 Å². The summed E-state index contributed by atoms with van der Waals surface area (Å²) in [5, 5.41) is 16.3. The Balaban J connectivity index is 1.93. The van der Waals surface area contributed by atoms with Crippen molar-refractivity contribution in [2.24, 2.45) is 5.10 Å². The lowest BCUT2D eigenvalue weighted by Gasteiger charge is -2.11. The van der Waals surface area contributed by atoms with E-state index in [4.69, 9.17) is 9.47 Å². The average Bonchev–Trinajstić information content (AvgIpc) is 2.96. The molecular formula is C19H17N3O5. The molecule has 0 saturated heterocycles. The maximum Gasteiger partial charge on any atom is 0.280 e. The molecule has 2 aromatic rings. The van der Waals surface area contributed by atoms with Crippen LogP contribution in [0, 0.1) is 10.1 Å². The maximum atomic E-state index is 12.8. The van der Waals surface area contributed by atoms with Gasteiger partial charge >= 0.3 is 0 Å². The number of anilines is 1. The van der Waals surface area contributed by atoms with E-state index < -0.39 is 4.92 Å². The summed E-state index contributed by atoms with van der Waals surface area (Å²) in [5.74, 6) is 0.889. The molecule has 0 unspecified atom stereocenters. The molecule has 8 heteroatoms. The first kappa shape index (κ1) is 18.1. The number of hydrogen-bond donors (Lipinski definition) is 0. The summed E-state index contributed by atoms with van der Waals surface area (Å²) in [6, 6.07) is 10.9. The van der Waals surface area contributed by atoms with Crippen molar-refractivity contribution in [2.75, 3.05) is 19.2 Å². The van der Waals surface area contributed by atoms with Gasteiger partial charge in [0.25, 0.3) is 11.6 Å². The molecule has 0 N–H and O–H groups in total. The predicted molar refractivity (Wildman–Crippen MR) is 101 cm³/mol. The van der Waals surface area contributed by atoms with Crippen molar-refractivity contribution in [2.45, 2.75) is 6.92 Å². The second kappa shape index (κ2) is 7.28. The highest BCUT2D eigenvalue weighted by Crippen LogP contribution is 2.30. The van der Waals surface area contributed by atoms with Crippen molar-refractivity contribution < 1.29 is 19.2 Å². The molecule has 1 heterocycles. The van der Waals surface area contributed by atoms with Crippen molar-refractivity contribution in [3.8, 4) is 11.5 Å². The third-order valence-electron chi connectivity index (χ3n) is 4.11. The van der Waals surface area contributed by atoms with Gasteiger partial charge < -0.3 is 9.47 Å². The van der Waals surface area contributed by atoms with E-state index in [1.54, 1.807) is 38.3 Å². The van der Waals surface area contributed by atoms with E-state index in [1.807, 2.05) is 0 Å². The number of nitro groups is 1. The summed E-state index contributed by atoms with van der Waals surface area (Å²) in [6.07, 6.45) is 1.70. The second-order valence-electron chi connectivity index (χ2n) is 5.74. The van der Waals surface area contributed by atoms with Crippen LogP contribution >= 0.6 is 0 Å². The van der Waals surface area contributed by atoms with E-state index in [2.05, 4.69) is 5.10 Å². The number of benzene rings is 2. The number of hydrogen-bond acceptors (Lipinski definition) is 6. The molecule has 1 amide bonds. The van der Waals surface area contributed by atoms with Crippen LogP contribution in [0.15, 0.2) is 53.1 Å². The molecule has 0 saturated carbocycles. The summed E-state index contributed by atoms with van der Waals surface area (Å²) < 4.78 is 10.5. The van der Waals surface area contributed by atoms with Crippen LogP contribution in [0.1, 0.15) is 12.5 Å². The predicted octanol–water partition coefficient (Wildman–Crippen LogP) is 3.42. The van der Waals surface area contributed by atoms with Gasteiger partial charge in [-0.15, -0.1) is 0 Å². The summed E-state index contributed by atoms with van der Waals surface area (Å²) in [4.78, 5) is 23.1. The Hall–Kier alpha value is -3.68. The number of non-ortho nitro benzene ring substituents is 1. The van der Waals surface area contributed by atoms with Crippen LogP contribution in [0.2, 0.25) is 0 Å². The fourth-order valence-electron chi connectivity index (χ4n) is 2.67. The summed E-state index contributed by atoms with van der Waals surface area (Å²) in [5.41, 5.74) is 2.06. The Bertz CT molecular complexity index is 964. The van der Waals surface area contributed by atoms with Gasteiger partial charge in [0, 0.05) is 23.8 Å². The molecule has 27 heavy (non-hydrogen) atoms. The van der Waals surface area contributed by atoms with Gasteiger partial charge in [0.2, 0.25) is 0 Å². The van der Waals surface area contributed by atoms with Gasteiger partial charge in [0.15, 0.2) is 0 Å². The molecule has 0 bridgehead atoms. The molecule has 1 aliphatic heterocycles. The molecule has 0 fully saturated rings. The van der Waals surface area contributed by atoms with Crippen LogP contribution in [-0.2, 0) is 4.79 Å². The average molecular weight is 367 g/mol. The van der Waals surface area contributed by atoms with E-state index in [-0.39, 0.29) is 11.6 Å². The number of nitro benzene ring substituents is 1. The Morgan fingerprint density at radius 3 is 2.41 bits per heavy atom. The normalized spacial score (nSPS) is 15.1. The standard InChI is InChI=1S/C19H17N3O5/c1-12-17(10-13-4-9-16(26-2)11-18(13)27-3)19(23)21(20-12)14-5-7-15(8-6-14)22(24)25/h4-11H,1-3H3. The summed E-state index contributed by atoms with van der Waals surface area (Å²) >= 11 is 0. The van der Waals surface area contributed by atoms with Gasteiger partial charge in [0.05, 0.1) is 36.1 Å². The Kier molecular flexibility index (Phi) is 4.89. The number of amides is 1. The molecule has 0 spiro atoms. The van der Waals surface area contributed by atoms with Gasteiger partial charge in [-0.05, 0) is 37.3 Å². The molecule has 8 nitrogen and oxygen atoms in total. The quantitative estimate of drug-likeness (QED) is 0.458. The van der Waals surface area contributed by atoms with Crippen molar-refractivity contribution in [3.05, 3.63) is 63.7 Å². The fourth-order valence-corrected chi connectivity index (χ4v) is 2.67. The van der Waals surface area contributed by atoms with E-state index in [0.717, 1.165) is 0 Å². The number of rotatable bonds is 5. The topological polar surface area (TPSA) is 94.3 Å². The van der Waals surface area contributed by atoms with Gasteiger partial charge in [-0.3, -0.25) is 14.9 Å². The van der Waals surface area contributed by atoms with E-state index in [0.29, 0.717) is 34.0 Å². The highest BCUT2D eigenvalue weighted by molar-refractivity contribution is 6.32. The monoisotopic (exact) mass is 367 g/mol. The number of nitrogens with zero attached hydrogens (tertiary/aromatic N) is 3. The zero-order valence-electron chi connectivity index (χ0n) is 15.0. The van der Waals surface area contributed by atoms with Crippen LogP contribution in [-0.4, -0.2) is 30.8 Å². The zero-order chi connectivity index (χ0) is 19.6. The van der Waals surface area contributed by atoms with Crippen molar-refractivity contribution in [1.82, 2.24) is 0 Å². The lowest BCUT2D eigenvalue weighted by Crippen LogP contribution is -2.21. The van der Waals surface area contributed by atoms with Gasteiger partial charge in [-0.1, -0.05) is 0 Å². The molecule has 2 aromatic carbocycles. The van der Waals surface area contributed by atoms with E-state index >= 15 is 0 Å². The maximum absolute atomic E-state index is 12.8. The van der Waals surface area contributed by atoms with Crippen LogP contribution < -0.4 is 14.5 Å².